The fraction of sp³-hybridized carbons (Fsp3) is 0.750. The van der Waals surface area contributed by atoms with Crippen LogP contribution in [0.3, 0.4) is 0 Å². The summed E-state index contributed by atoms with van der Waals surface area (Å²) in [5, 5.41) is 4.70. The first-order valence-electron chi connectivity index (χ1n) is 7.97. The lowest BCUT2D eigenvalue weighted by molar-refractivity contribution is 0.0222. The van der Waals surface area contributed by atoms with E-state index in [2.05, 4.69) is 4.68 Å². The zero-order valence-electron chi connectivity index (χ0n) is 13.9. The standard InChI is InChI=1S/C16H25N3O3/c1-11-13-9-18(15(20)22-16(2,3)4)7-5-14(13)19(17-11)12-6-8-21-10-12/h12H,5-10H2,1-4H3. The largest absolute Gasteiger partial charge is 0.444 e. The lowest BCUT2D eigenvalue weighted by Gasteiger charge is -2.30. The van der Waals surface area contributed by atoms with Crippen molar-refractivity contribution in [1.82, 2.24) is 14.7 Å². The number of ether oxygens (including phenoxy) is 2. The summed E-state index contributed by atoms with van der Waals surface area (Å²) < 4.78 is 13.1. The van der Waals surface area contributed by atoms with E-state index in [1.54, 1.807) is 4.90 Å². The molecule has 3 rings (SSSR count). The molecule has 1 saturated heterocycles. The third-order valence-corrected chi connectivity index (χ3v) is 4.19. The number of carbonyl (C=O) groups is 1. The zero-order chi connectivity index (χ0) is 15.9. The fourth-order valence-corrected chi connectivity index (χ4v) is 3.11. The Hall–Kier alpha value is -1.56. The second kappa shape index (κ2) is 5.57. The molecule has 0 aromatic carbocycles. The van der Waals surface area contributed by atoms with E-state index in [4.69, 9.17) is 14.6 Å². The first-order valence-corrected chi connectivity index (χ1v) is 7.97. The van der Waals surface area contributed by atoms with E-state index < -0.39 is 5.60 Å². The Bertz CT molecular complexity index is 568. The van der Waals surface area contributed by atoms with Crippen molar-refractivity contribution in [2.45, 2.75) is 58.7 Å². The number of fused-ring (bicyclic) bond motifs is 1. The average molecular weight is 307 g/mol. The van der Waals surface area contributed by atoms with Gasteiger partial charge in [-0.15, -0.1) is 0 Å². The van der Waals surface area contributed by atoms with Crippen molar-refractivity contribution in [2.75, 3.05) is 19.8 Å². The molecular formula is C16H25N3O3. The van der Waals surface area contributed by atoms with Crippen molar-refractivity contribution in [3.63, 3.8) is 0 Å². The molecule has 6 heteroatoms. The summed E-state index contributed by atoms with van der Waals surface area (Å²) in [6, 6.07) is 0.343. The SMILES string of the molecule is Cc1nn(C2CCOC2)c2c1CN(C(=O)OC(C)(C)C)CC2. The van der Waals surface area contributed by atoms with Crippen molar-refractivity contribution in [3.8, 4) is 0 Å². The average Bonchev–Trinajstić information content (AvgIpc) is 3.05. The Balaban J connectivity index is 1.77. The highest BCUT2D eigenvalue weighted by molar-refractivity contribution is 5.68. The second-order valence-corrected chi connectivity index (χ2v) is 7.12. The third-order valence-electron chi connectivity index (χ3n) is 4.19. The predicted octanol–water partition coefficient (Wildman–Crippen LogP) is 2.45. The molecule has 6 nitrogen and oxygen atoms in total. The van der Waals surface area contributed by atoms with Gasteiger partial charge in [-0.2, -0.15) is 5.10 Å². The molecular weight excluding hydrogens is 282 g/mol. The van der Waals surface area contributed by atoms with Crippen LogP contribution in [0.2, 0.25) is 0 Å². The minimum atomic E-state index is -0.461. The Morgan fingerprint density at radius 2 is 2.18 bits per heavy atom. The van der Waals surface area contributed by atoms with Crippen molar-refractivity contribution in [1.29, 1.82) is 0 Å². The van der Waals surface area contributed by atoms with Gasteiger partial charge >= 0.3 is 6.09 Å². The van der Waals surface area contributed by atoms with E-state index in [-0.39, 0.29) is 6.09 Å². The van der Waals surface area contributed by atoms with Gasteiger partial charge in [0.25, 0.3) is 0 Å². The van der Waals surface area contributed by atoms with Crippen LogP contribution in [0.15, 0.2) is 0 Å². The first kappa shape index (κ1) is 15.3. The van der Waals surface area contributed by atoms with Crippen molar-refractivity contribution in [3.05, 3.63) is 17.0 Å². The van der Waals surface area contributed by atoms with Crippen LogP contribution >= 0.6 is 0 Å². The van der Waals surface area contributed by atoms with E-state index in [0.29, 0.717) is 19.1 Å². The number of carbonyl (C=O) groups excluding carboxylic acids is 1. The molecule has 2 aliphatic rings. The number of aryl methyl sites for hydroxylation is 1. The smallest absolute Gasteiger partial charge is 0.410 e. The van der Waals surface area contributed by atoms with E-state index in [1.165, 1.54) is 11.3 Å². The maximum atomic E-state index is 12.3. The molecule has 2 aliphatic heterocycles. The molecule has 0 spiro atoms. The van der Waals surface area contributed by atoms with Gasteiger partial charge in [0.1, 0.15) is 5.60 Å². The summed E-state index contributed by atoms with van der Waals surface area (Å²) in [7, 11) is 0. The van der Waals surface area contributed by atoms with Crippen molar-refractivity contribution in [2.24, 2.45) is 0 Å². The molecule has 1 fully saturated rings. The number of aromatic nitrogens is 2. The molecule has 1 unspecified atom stereocenters. The predicted molar refractivity (Wildman–Crippen MR) is 81.8 cm³/mol. The number of hydrogen-bond donors (Lipinski definition) is 0. The second-order valence-electron chi connectivity index (χ2n) is 7.12. The van der Waals surface area contributed by atoms with Crippen LogP contribution in [0.5, 0.6) is 0 Å². The van der Waals surface area contributed by atoms with Gasteiger partial charge in [0, 0.05) is 30.8 Å². The van der Waals surface area contributed by atoms with Gasteiger partial charge < -0.3 is 14.4 Å². The molecule has 1 amide bonds. The number of rotatable bonds is 1. The molecule has 22 heavy (non-hydrogen) atoms. The molecule has 0 N–H and O–H groups in total. The molecule has 0 radical (unpaired) electrons. The first-order chi connectivity index (χ1) is 10.3. The maximum Gasteiger partial charge on any atom is 0.410 e. The molecule has 3 heterocycles. The van der Waals surface area contributed by atoms with E-state index in [9.17, 15) is 4.79 Å². The zero-order valence-corrected chi connectivity index (χ0v) is 13.9. The Kier molecular flexibility index (Phi) is 3.89. The van der Waals surface area contributed by atoms with Crippen LogP contribution in [0.1, 0.15) is 50.2 Å². The van der Waals surface area contributed by atoms with Crippen LogP contribution in [0.4, 0.5) is 4.79 Å². The summed E-state index contributed by atoms with van der Waals surface area (Å²) in [4.78, 5) is 14.0. The number of hydrogen-bond acceptors (Lipinski definition) is 4. The Labute approximate surface area is 131 Å². The quantitative estimate of drug-likeness (QED) is 0.799. The molecule has 122 valence electrons. The molecule has 1 aromatic heterocycles. The highest BCUT2D eigenvalue weighted by Gasteiger charge is 2.31. The van der Waals surface area contributed by atoms with Gasteiger partial charge in [0.05, 0.1) is 24.9 Å². The van der Waals surface area contributed by atoms with Gasteiger partial charge in [0.2, 0.25) is 0 Å². The normalized spacial score (nSPS) is 21.8. The van der Waals surface area contributed by atoms with Crippen LogP contribution in [0, 0.1) is 6.92 Å². The lowest BCUT2D eigenvalue weighted by Crippen LogP contribution is -2.40. The summed E-state index contributed by atoms with van der Waals surface area (Å²) >= 11 is 0. The molecule has 0 aliphatic carbocycles. The topological polar surface area (TPSA) is 56.6 Å². The highest BCUT2D eigenvalue weighted by atomic mass is 16.6. The number of nitrogens with zero attached hydrogens (tertiary/aromatic N) is 3. The van der Waals surface area contributed by atoms with E-state index in [1.807, 2.05) is 27.7 Å². The molecule has 0 bridgehead atoms. The minimum Gasteiger partial charge on any atom is -0.444 e. The van der Waals surface area contributed by atoms with Gasteiger partial charge in [-0.05, 0) is 34.1 Å². The van der Waals surface area contributed by atoms with E-state index in [0.717, 1.165) is 31.7 Å². The van der Waals surface area contributed by atoms with Crippen LogP contribution in [-0.4, -0.2) is 46.1 Å². The molecule has 1 atom stereocenters. The fourth-order valence-electron chi connectivity index (χ4n) is 3.11. The third kappa shape index (κ3) is 2.97. The summed E-state index contributed by atoms with van der Waals surface area (Å²) in [6.07, 6.45) is 1.60. The summed E-state index contributed by atoms with van der Waals surface area (Å²) in [5.41, 5.74) is 2.98. The molecule has 0 saturated carbocycles. The Morgan fingerprint density at radius 3 is 2.82 bits per heavy atom. The van der Waals surface area contributed by atoms with Crippen molar-refractivity contribution < 1.29 is 14.3 Å². The lowest BCUT2D eigenvalue weighted by atomic mass is 10.1. The van der Waals surface area contributed by atoms with Gasteiger partial charge in [0.15, 0.2) is 0 Å². The van der Waals surface area contributed by atoms with Gasteiger partial charge in [-0.1, -0.05) is 0 Å². The minimum absolute atomic E-state index is 0.241. The van der Waals surface area contributed by atoms with Crippen molar-refractivity contribution >= 4 is 6.09 Å². The maximum absolute atomic E-state index is 12.3. The van der Waals surface area contributed by atoms with Gasteiger partial charge in [-0.25, -0.2) is 4.79 Å². The highest BCUT2D eigenvalue weighted by Crippen LogP contribution is 2.28. The monoisotopic (exact) mass is 307 g/mol. The summed E-state index contributed by atoms with van der Waals surface area (Å²) in [6.45, 7) is 10.5. The van der Waals surface area contributed by atoms with Crippen LogP contribution in [-0.2, 0) is 22.4 Å². The van der Waals surface area contributed by atoms with Crippen LogP contribution < -0.4 is 0 Å². The van der Waals surface area contributed by atoms with Crippen LogP contribution in [0.25, 0.3) is 0 Å². The molecule has 1 aromatic rings. The van der Waals surface area contributed by atoms with Gasteiger partial charge in [-0.3, -0.25) is 4.68 Å². The number of amides is 1. The van der Waals surface area contributed by atoms with E-state index >= 15 is 0 Å². The Morgan fingerprint density at radius 1 is 1.41 bits per heavy atom. The summed E-state index contributed by atoms with van der Waals surface area (Å²) in [5.74, 6) is 0.